The minimum atomic E-state index is -0.0913. The maximum atomic E-state index is 13.8. The molecule has 0 aliphatic carbocycles. The molecule has 1 fully saturated rings. The predicted molar refractivity (Wildman–Crippen MR) is 97.4 cm³/mol. The zero-order chi connectivity index (χ0) is 17.6. The number of benzene rings is 2. The molecule has 1 unspecified atom stereocenters. The fraction of sp³-hybridized carbons (Fsp3) is 0.429. The molecule has 3 nitrogen and oxygen atoms in total. The van der Waals surface area contributed by atoms with E-state index in [1.165, 1.54) is 12.8 Å². The number of nitrogens with zero attached hydrogens (tertiary/aromatic N) is 1. The van der Waals surface area contributed by atoms with E-state index in [2.05, 4.69) is 4.90 Å². The van der Waals surface area contributed by atoms with Crippen molar-refractivity contribution in [2.24, 2.45) is 5.92 Å². The van der Waals surface area contributed by atoms with Gasteiger partial charge in [0.25, 0.3) is 0 Å². The molecule has 1 aliphatic rings. The third-order valence-electron chi connectivity index (χ3n) is 5.03. The largest absolute Gasteiger partial charge is 0.504 e. The number of ether oxygens (including phenoxy) is 1. The summed E-state index contributed by atoms with van der Waals surface area (Å²) >= 11 is 0. The molecule has 0 bridgehead atoms. The molecule has 3 rings (SSSR count). The van der Waals surface area contributed by atoms with Crippen molar-refractivity contribution in [3.05, 3.63) is 59.4 Å². The number of rotatable bonds is 6. The van der Waals surface area contributed by atoms with Gasteiger partial charge in [-0.05, 0) is 67.5 Å². The van der Waals surface area contributed by atoms with E-state index in [1.54, 1.807) is 25.3 Å². The first-order chi connectivity index (χ1) is 12.2. The van der Waals surface area contributed by atoms with E-state index in [1.807, 2.05) is 24.3 Å². The van der Waals surface area contributed by atoms with Gasteiger partial charge < -0.3 is 9.84 Å². The highest BCUT2D eigenvalue weighted by atomic mass is 19.1. The van der Waals surface area contributed by atoms with Crippen LogP contribution >= 0.6 is 0 Å². The van der Waals surface area contributed by atoms with Gasteiger partial charge in [-0.25, -0.2) is 4.39 Å². The smallest absolute Gasteiger partial charge is 0.160 e. The zero-order valence-electron chi connectivity index (χ0n) is 14.7. The first-order valence-corrected chi connectivity index (χ1v) is 8.97. The molecular formula is C21H26FNO2. The van der Waals surface area contributed by atoms with Gasteiger partial charge in [0.2, 0.25) is 0 Å². The summed E-state index contributed by atoms with van der Waals surface area (Å²) in [6, 6.07) is 12.6. The molecule has 1 heterocycles. The van der Waals surface area contributed by atoms with Crippen LogP contribution in [0.15, 0.2) is 42.5 Å². The lowest BCUT2D eigenvalue weighted by molar-refractivity contribution is 0.161. The molecule has 0 saturated carbocycles. The molecule has 1 N–H and O–H groups in total. The Morgan fingerprint density at radius 2 is 2.08 bits per heavy atom. The number of likely N-dealkylation sites (tertiary alicyclic amines) is 1. The molecule has 1 atom stereocenters. The topological polar surface area (TPSA) is 32.7 Å². The summed E-state index contributed by atoms with van der Waals surface area (Å²) in [4.78, 5) is 2.45. The van der Waals surface area contributed by atoms with E-state index < -0.39 is 0 Å². The molecule has 2 aromatic carbocycles. The molecule has 1 saturated heterocycles. The average molecular weight is 343 g/mol. The highest BCUT2D eigenvalue weighted by Crippen LogP contribution is 2.28. The van der Waals surface area contributed by atoms with Gasteiger partial charge in [0.05, 0.1) is 7.11 Å². The molecule has 25 heavy (non-hydrogen) atoms. The van der Waals surface area contributed by atoms with Crippen molar-refractivity contribution >= 4 is 0 Å². The fourth-order valence-electron chi connectivity index (χ4n) is 3.67. The Kier molecular flexibility index (Phi) is 5.92. The van der Waals surface area contributed by atoms with E-state index >= 15 is 0 Å². The second kappa shape index (κ2) is 8.34. The lowest BCUT2D eigenvalue weighted by atomic mass is 9.91. The van der Waals surface area contributed by atoms with E-state index in [4.69, 9.17) is 4.74 Å². The molecule has 0 spiro atoms. The second-order valence-electron chi connectivity index (χ2n) is 6.88. The molecule has 1 aliphatic heterocycles. The van der Waals surface area contributed by atoms with Crippen LogP contribution in [0.3, 0.4) is 0 Å². The van der Waals surface area contributed by atoms with Crippen molar-refractivity contribution in [1.29, 1.82) is 0 Å². The summed E-state index contributed by atoms with van der Waals surface area (Å²) in [7, 11) is 1.57. The second-order valence-corrected chi connectivity index (χ2v) is 6.88. The Morgan fingerprint density at radius 1 is 1.24 bits per heavy atom. The third kappa shape index (κ3) is 4.73. The fourth-order valence-corrected chi connectivity index (χ4v) is 3.67. The van der Waals surface area contributed by atoms with Gasteiger partial charge in [0, 0.05) is 13.1 Å². The van der Waals surface area contributed by atoms with E-state index in [0.29, 0.717) is 11.7 Å². The molecule has 4 heteroatoms. The van der Waals surface area contributed by atoms with Gasteiger partial charge in [0.1, 0.15) is 5.82 Å². The number of piperidine rings is 1. The number of hydrogen-bond donors (Lipinski definition) is 1. The number of aromatic hydroxyl groups is 1. The highest BCUT2D eigenvalue weighted by Gasteiger charge is 2.20. The molecule has 134 valence electrons. The Balaban J connectivity index is 1.55. The lowest BCUT2D eigenvalue weighted by Crippen LogP contribution is -2.35. The van der Waals surface area contributed by atoms with Crippen LogP contribution in [0.25, 0.3) is 0 Å². The van der Waals surface area contributed by atoms with Crippen molar-refractivity contribution < 1.29 is 14.2 Å². The number of phenols is 1. The average Bonchev–Trinajstić information content (AvgIpc) is 2.63. The van der Waals surface area contributed by atoms with Gasteiger partial charge in [-0.2, -0.15) is 0 Å². The summed E-state index contributed by atoms with van der Waals surface area (Å²) in [5, 5.41) is 9.71. The van der Waals surface area contributed by atoms with Crippen molar-refractivity contribution in [3.63, 3.8) is 0 Å². The quantitative estimate of drug-likeness (QED) is 0.845. The normalized spacial score (nSPS) is 18.2. The number of methoxy groups -OCH3 is 1. The maximum Gasteiger partial charge on any atom is 0.160 e. The van der Waals surface area contributed by atoms with E-state index in [9.17, 15) is 9.50 Å². The molecule has 2 aromatic rings. The third-order valence-corrected chi connectivity index (χ3v) is 5.03. The van der Waals surface area contributed by atoms with Gasteiger partial charge in [-0.1, -0.05) is 24.3 Å². The van der Waals surface area contributed by atoms with Crippen molar-refractivity contribution in [1.82, 2.24) is 4.90 Å². The van der Waals surface area contributed by atoms with Crippen LogP contribution in [0.2, 0.25) is 0 Å². The van der Waals surface area contributed by atoms with Crippen LogP contribution in [-0.4, -0.2) is 30.2 Å². The van der Waals surface area contributed by atoms with E-state index in [0.717, 1.165) is 43.6 Å². The van der Waals surface area contributed by atoms with Crippen LogP contribution in [0.1, 0.15) is 30.4 Å². The first-order valence-electron chi connectivity index (χ1n) is 8.97. The molecular weight excluding hydrogens is 317 g/mol. The Bertz CT molecular complexity index is 704. The Morgan fingerprint density at radius 3 is 2.88 bits per heavy atom. The van der Waals surface area contributed by atoms with Crippen molar-refractivity contribution in [2.45, 2.75) is 32.2 Å². The van der Waals surface area contributed by atoms with Crippen LogP contribution in [0.5, 0.6) is 11.5 Å². The number of hydrogen-bond acceptors (Lipinski definition) is 3. The summed E-state index contributed by atoms with van der Waals surface area (Å²) in [5.74, 6) is 1.21. The van der Waals surface area contributed by atoms with Crippen LogP contribution in [0, 0.1) is 11.7 Å². The maximum absolute atomic E-state index is 13.8. The molecule has 0 aromatic heterocycles. The van der Waals surface area contributed by atoms with Gasteiger partial charge in [0.15, 0.2) is 11.5 Å². The monoisotopic (exact) mass is 343 g/mol. The van der Waals surface area contributed by atoms with Gasteiger partial charge >= 0.3 is 0 Å². The van der Waals surface area contributed by atoms with Crippen molar-refractivity contribution in [2.75, 3.05) is 20.2 Å². The Labute approximate surface area is 149 Å². The zero-order valence-corrected chi connectivity index (χ0v) is 14.7. The van der Waals surface area contributed by atoms with Crippen LogP contribution in [0.4, 0.5) is 4.39 Å². The Hall–Kier alpha value is -2.07. The number of aryl methyl sites for hydroxylation is 1. The summed E-state index contributed by atoms with van der Waals surface area (Å²) in [5.41, 5.74) is 1.97. The first kappa shape index (κ1) is 17.7. The summed E-state index contributed by atoms with van der Waals surface area (Å²) in [6.07, 6.45) is 4.22. The molecule has 0 radical (unpaired) electrons. The highest BCUT2D eigenvalue weighted by molar-refractivity contribution is 5.41. The lowest BCUT2D eigenvalue weighted by Gasteiger charge is -2.33. The summed E-state index contributed by atoms with van der Waals surface area (Å²) in [6.45, 7) is 2.98. The minimum Gasteiger partial charge on any atom is -0.504 e. The van der Waals surface area contributed by atoms with Crippen molar-refractivity contribution in [3.8, 4) is 11.5 Å². The standard InChI is InChI=1S/C21H26FNO2/c1-25-21-13-17(9-11-20(21)24)15-23-12-4-5-16(14-23)8-10-18-6-2-3-7-19(18)22/h2-3,6-7,9,11,13,16,24H,4-5,8,10,12,14-15H2,1H3. The molecule has 0 amide bonds. The predicted octanol–water partition coefficient (Wildman–Crippen LogP) is 4.38. The summed E-state index contributed by atoms with van der Waals surface area (Å²) < 4.78 is 19.0. The van der Waals surface area contributed by atoms with Gasteiger partial charge in [-0.3, -0.25) is 4.90 Å². The minimum absolute atomic E-state index is 0.0913. The van der Waals surface area contributed by atoms with Gasteiger partial charge in [-0.15, -0.1) is 0 Å². The van der Waals surface area contributed by atoms with Crippen LogP contribution in [-0.2, 0) is 13.0 Å². The van der Waals surface area contributed by atoms with Crippen LogP contribution < -0.4 is 4.74 Å². The SMILES string of the molecule is COc1cc(CN2CCCC(CCc3ccccc3F)C2)ccc1O. The number of phenolic OH excluding ortho intramolecular Hbond substituents is 1. The van der Waals surface area contributed by atoms with E-state index in [-0.39, 0.29) is 11.6 Å². The number of halogens is 1.